The highest BCUT2D eigenvalue weighted by molar-refractivity contribution is 6.01. The second-order valence-electron chi connectivity index (χ2n) is 9.94. The quantitative estimate of drug-likeness (QED) is 0.480. The van der Waals surface area contributed by atoms with Gasteiger partial charge < -0.3 is 24.4 Å². The van der Waals surface area contributed by atoms with Gasteiger partial charge in [-0.05, 0) is 75.0 Å². The number of nitrogens with one attached hydrogen (secondary N) is 1. The van der Waals surface area contributed by atoms with Crippen LogP contribution in [-0.2, 0) is 24.2 Å². The number of fused-ring (bicyclic) bond motifs is 2. The Morgan fingerprint density at radius 1 is 1.20 bits per heavy atom. The number of phenolic OH excluding ortho intramolecular Hbond substituents is 1. The van der Waals surface area contributed by atoms with Crippen LogP contribution < -0.4 is 4.74 Å². The molecule has 0 atom stereocenters. The minimum absolute atomic E-state index is 0.0235. The summed E-state index contributed by atoms with van der Waals surface area (Å²) < 4.78 is 11.4. The summed E-state index contributed by atoms with van der Waals surface area (Å²) in [5.41, 5.74) is 4.22. The number of carbonyl (C=O) groups excluding carboxylic acids is 1. The monoisotopic (exact) mass is 478 g/mol. The van der Waals surface area contributed by atoms with Gasteiger partial charge in [0.05, 0.1) is 23.4 Å². The van der Waals surface area contributed by atoms with Gasteiger partial charge in [0, 0.05) is 44.3 Å². The Morgan fingerprint density at radius 3 is 2.80 bits per heavy atom. The molecule has 0 unspecified atom stereocenters. The maximum atomic E-state index is 13.4. The van der Waals surface area contributed by atoms with Crippen molar-refractivity contribution in [2.75, 3.05) is 40.5 Å². The van der Waals surface area contributed by atoms with Crippen molar-refractivity contribution in [1.82, 2.24) is 20.0 Å². The van der Waals surface area contributed by atoms with Crippen LogP contribution in [0.5, 0.6) is 11.5 Å². The summed E-state index contributed by atoms with van der Waals surface area (Å²) in [6, 6.07) is 9.46. The van der Waals surface area contributed by atoms with E-state index in [2.05, 4.69) is 29.2 Å². The third-order valence-electron chi connectivity index (χ3n) is 7.02. The van der Waals surface area contributed by atoms with E-state index in [0.717, 1.165) is 78.9 Å². The number of aromatic nitrogens is 2. The Kier molecular flexibility index (Phi) is 6.92. The number of carbonyl (C=O) groups is 1. The molecule has 2 aromatic carbocycles. The van der Waals surface area contributed by atoms with Crippen molar-refractivity contribution in [2.45, 2.75) is 38.8 Å². The van der Waals surface area contributed by atoms with E-state index in [1.807, 2.05) is 18.2 Å². The number of H-pyrrole nitrogens is 1. The summed E-state index contributed by atoms with van der Waals surface area (Å²) in [6.07, 6.45) is 3.84. The first kappa shape index (κ1) is 23.6. The molecule has 1 aromatic heterocycles. The lowest BCUT2D eigenvalue weighted by Crippen LogP contribution is -2.25. The molecule has 1 fully saturated rings. The van der Waals surface area contributed by atoms with E-state index < -0.39 is 0 Å². The third kappa shape index (κ3) is 5.28. The van der Waals surface area contributed by atoms with E-state index >= 15 is 0 Å². The van der Waals surface area contributed by atoms with Gasteiger partial charge in [-0.25, -0.2) is 0 Å². The fourth-order valence-corrected chi connectivity index (χ4v) is 5.00. The highest BCUT2D eigenvalue weighted by Crippen LogP contribution is 2.33. The maximum Gasteiger partial charge on any atom is 0.258 e. The molecule has 1 saturated heterocycles. The predicted octanol–water partition coefficient (Wildman–Crippen LogP) is 3.72. The van der Waals surface area contributed by atoms with Gasteiger partial charge in [0.25, 0.3) is 5.91 Å². The summed E-state index contributed by atoms with van der Waals surface area (Å²) in [5.74, 6) is 1.16. The first-order chi connectivity index (χ1) is 17.0. The predicted molar refractivity (Wildman–Crippen MR) is 134 cm³/mol. The van der Waals surface area contributed by atoms with Crippen molar-refractivity contribution >= 4 is 16.8 Å². The molecule has 3 heterocycles. The van der Waals surface area contributed by atoms with Gasteiger partial charge in [0.1, 0.15) is 11.5 Å². The van der Waals surface area contributed by atoms with E-state index in [0.29, 0.717) is 31.2 Å². The molecule has 2 aliphatic rings. The number of nitrogens with zero attached hydrogens (tertiary/aromatic N) is 3. The average molecular weight is 479 g/mol. The van der Waals surface area contributed by atoms with Gasteiger partial charge >= 0.3 is 0 Å². The summed E-state index contributed by atoms with van der Waals surface area (Å²) in [7, 11) is 4.10. The molecule has 0 radical (unpaired) electrons. The number of phenols is 1. The van der Waals surface area contributed by atoms with Gasteiger partial charge in [-0.15, -0.1) is 0 Å². The summed E-state index contributed by atoms with van der Waals surface area (Å²) in [5, 5.41) is 19.1. The SMILES string of the molecule is CN(C)CCCOc1ccc2c(c1)CN(C(=O)c1cc3c(CC4CCOCC4)n[nH]c3cc1O)C2. The Hall–Kier alpha value is -3.10. The molecule has 0 saturated carbocycles. The molecule has 2 N–H and O–H groups in total. The van der Waals surface area contributed by atoms with Crippen LogP contribution in [0.3, 0.4) is 0 Å². The van der Waals surface area contributed by atoms with Gasteiger partial charge in [-0.1, -0.05) is 6.07 Å². The molecular formula is C27H34N4O4. The van der Waals surface area contributed by atoms with Crippen molar-refractivity contribution < 1.29 is 19.4 Å². The average Bonchev–Trinajstić information content (AvgIpc) is 3.45. The summed E-state index contributed by atoms with van der Waals surface area (Å²) >= 11 is 0. The Balaban J connectivity index is 1.29. The van der Waals surface area contributed by atoms with E-state index in [1.165, 1.54) is 0 Å². The van der Waals surface area contributed by atoms with Gasteiger partial charge in [0.2, 0.25) is 0 Å². The van der Waals surface area contributed by atoms with Crippen molar-refractivity contribution in [1.29, 1.82) is 0 Å². The molecule has 3 aromatic rings. The number of aromatic amines is 1. The highest BCUT2D eigenvalue weighted by atomic mass is 16.5. The van der Waals surface area contributed by atoms with Crippen molar-refractivity contribution in [3.63, 3.8) is 0 Å². The number of hydrogen-bond donors (Lipinski definition) is 2. The summed E-state index contributed by atoms with van der Waals surface area (Å²) in [4.78, 5) is 17.4. The van der Waals surface area contributed by atoms with Crippen molar-refractivity contribution in [2.24, 2.45) is 5.92 Å². The molecular weight excluding hydrogens is 444 g/mol. The first-order valence-electron chi connectivity index (χ1n) is 12.4. The van der Waals surface area contributed by atoms with Crippen LogP contribution in [0.2, 0.25) is 0 Å². The molecule has 2 aliphatic heterocycles. The summed E-state index contributed by atoms with van der Waals surface area (Å²) in [6.45, 7) is 4.24. The smallest absolute Gasteiger partial charge is 0.258 e. The second-order valence-corrected chi connectivity index (χ2v) is 9.94. The lowest BCUT2D eigenvalue weighted by atomic mass is 9.93. The molecule has 35 heavy (non-hydrogen) atoms. The molecule has 186 valence electrons. The van der Waals surface area contributed by atoms with Crippen LogP contribution in [0.15, 0.2) is 30.3 Å². The minimum Gasteiger partial charge on any atom is -0.507 e. The fourth-order valence-electron chi connectivity index (χ4n) is 5.00. The minimum atomic E-state index is -0.174. The number of benzene rings is 2. The van der Waals surface area contributed by atoms with E-state index in [4.69, 9.17) is 9.47 Å². The Labute approximate surface area is 205 Å². The highest BCUT2D eigenvalue weighted by Gasteiger charge is 2.27. The number of rotatable bonds is 8. The largest absolute Gasteiger partial charge is 0.507 e. The van der Waals surface area contributed by atoms with Crippen LogP contribution >= 0.6 is 0 Å². The third-order valence-corrected chi connectivity index (χ3v) is 7.02. The van der Waals surface area contributed by atoms with E-state index in [-0.39, 0.29) is 11.7 Å². The lowest BCUT2D eigenvalue weighted by molar-refractivity contribution is 0.0663. The zero-order chi connectivity index (χ0) is 24.4. The molecule has 8 heteroatoms. The van der Waals surface area contributed by atoms with Crippen LogP contribution in [0.1, 0.15) is 46.4 Å². The second kappa shape index (κ2) is 10.3. The zero-order valence-corrected chi connectivity index (χ0v) is 20.5. The molecule has 0 bridgehead atoms. The molecule has 0 spiro atoms. The maximum absolute atomic E-state index is 13.4. The number of amides is 1. The standard InChI is InChI=1S/C27H34N4O4/c1-30(2)8-3-9-35-21-5-4-19-16-31(17-20(19)13-21)27(33)23-14-22-24(12-18-6-10-34-11-7-18)28-29-25(22)15-26(23)32/h4-5,13-15,18,32H,3,6-12,16-17H2,1-2H3,(H,28,29). The number of ether oxygens (including phenoxy) is 2. The zero-order valence-electron chi connectivity index (χ0n) is 20.5. The van der Waals surface area contributed by atoms with Crippen LogP contribution in [0.25, 0.3) is 10.9 Å². The van der Waals surface area contributed by atoms with Crippen molar-refractivity contribution in [3.05, 3.63) is 52.7 Å². The molecule has 5 rings (SSSR count). The van der Waals surface area contributed by atoms with Crippen LogP contribution in [0, 0.1) is 5.92 Å². The molecule has 0 aliphatic carbocycles. The fraction of sp³-hybridized carbons (Fsp3) is 0.481. The van der Waals surface area contributed by atoms with Gasteiger partial charge in [-0.3, -0.25) is 9.89 Å². The van der Waals surface area contributed by atoms with Crippen LogP contribution in [0.4, 0.5) is 0 Å². The topological polar surface area (TPSA) is 90.9 Å². The Bertz CT molecular complexity index is 1200. The number of hydrogen-bond acceptors (Lipinski definition) is 6. The molecule has 1 amide bonds. The first-order valence-corrected chi connectivity index (χ1v) is 12.4. The number of aromatic hydroxyl groups is 1. The van der Waals surface area contributed by atoms with Crippen LogP contribution in [-0.4, -0.2) is 71.5 Å². The van der Waals surface area contributed by atoms with E-state index in [9.17, 15) is 9.90 Å². The lowest BCUT2D eigenvalue weighted by Gasteiger charge is -2.21. The van der Waals surface area contributed by atoms with Gasteiger partial charge in [0.15, 0.2) is 0 Å². The normalized spacial score (nSPS) is 16.3. The van der Waals surface area contributed by atoms with Gasteiger partial charge in [-0.2, -0.15) is 5.10 Å². The van der Waals surface area contributed by atoms with E-state index in [1.54, 1.807) is 17.0 Å². The molecule has 8 nitrogen and oxygen atoms in total. The van der Waals surface area contributed by atoms with Crippen molar-refractivity contribution in [3.8, 4) is 11.5 Å². The Morgan fingerprint density at radius 2 is 2.00 bits per heavy atom.